The van der Waals surface area contributed by atoms with Crippen LogP contribution in [0, 0.1) is 5.82 Å². The Morgan fingerprint density at radius 3 is 2.47 bits per heavy atom. The quantitative estimate of drug-likeness (QED) is 0.664. The van der Waals surface area contributed by atoms with Crippen LogP contribution in [0.1, 0.15) is 61.0 Å². The molecular weight excluding hydrogens is 431 g/mol. The average Bonchev–Trinajstić information content (AvgIpc) is 3.28. The lowest BCUT2D eigenvalue weighted by atomic mass is 10.0. The molecule has 0 aliphatic carbocycles. The number of carbonyl (C=O) groups excluding carboxylic acids is 1. The average molecular weight is 461 g/mol. The number of sulfonamides is 1. The van der Waals surface area contributed by atoms with Crippen LogP contribution in [0.5, 0.6) is 5.75 Å². The molecule has 2 aromatic rings. The van der Waals surface area contributed by atoms with Crippen molar-refractivity contribution in [3.05, 3.63) is 59.4 Å². The minimum absolute atomic E-state index is 0.0251. The van der Waals surface area contributed by atoms with Crippen molar-refractivity contribution < 1.29 is 22.3 Å². The highest BCUT2D eigenvalue weighted by Crippen LogP contribution is 2.35. The second kappa shape index (κ2) is 9.19. The molecule has 0 spiro atoms. The normalized spacial score (nSPS) is 22.2. The Morgan fingerprint density at radius 2 is 1.78 bits per heavy atom. The number of rotatable bonds is 5. The van der Waals surface area contributed by atoms with Crippen LogP contribution in [0.4, 0.5) is 4.39 Å². The maximum absolute atomic E-state index is 13.5. The SMILES string of the molecule is COc1ccc(C(=O)N2CCCC2c2ccc(F)cc2)cc1S(=O)(=O)N1CCCCC1C. The Kier molecular flexibility index (Phi) is 6.53. The largest absolute Gasteiger partial charge is 0.495 e. The van der Waals surface area contributed by atoms with Crippen LogP contribution in [0.15, 0.2) is 47.4 Å². The number of ether oxygens (including phenoxy) is 1. The Balaban J connectivity index is 1.67. The zero-order valence-electron chi connectivity index (χ0n) is 18.5. The highest BCUT2D eigenvalue weighted by Gasteiger charge is 2.35. The predicted molar refractivity (Wildman–Crippen MR) is 120 cm³/mol. The van der Waals surface area contributed by atoms with E-state index in [0.717, 1.165) is 37.7 Å². The van der Waals surface area contributed by atoms with Crippen LogP contribution in [0.25, 0.3) is 0 Å². The van der Waals surface area contributed by atoms with E-state index in [1.165, 1.54) is 29.6 Å². The van der Waals surface area contributed by atoms with Gasteiger partial charge in [-0.2, -0.15) is 4.31 Å². The molecule has 0 bridgehead atoms. The second-order valence-corrected chi connectivity index (χ2v) is 10.4. The summed E-state index contributed by atoms with van der Waals surface area (Å²) in [7, 11) is -2.38. The van der Waals surface area contributed by atoms with Gasteiger partial charge in [-0.1, -0.05) is 18.6 Å². The number of likely N-dealkylation sites (tertiary alicyclic amines) is 1. The fourth-order valence-electron chi connectivity index (χ4n) is 4.77. The molecule has 0 aromatic heterocycles. The summed E-state index contributed by atoms with van der Waals surface area (Å²) < 4.78 is 47.2. The first-order chi connectivity index (χ1) is 15.3. The van der Waals surface area contributed by atoms with Crippen molar-refractivity contribution in [3.8, 4) is 5.75 Å². The van der Waals surface area contributed by atoms with Gasteiger partial charge >= 0.3 is 0 Å². The van der Waals surface area contributed by atoms with E-state index in [-0.39, 0.29) is 34.5 Å². The van der Waals surface area contributed by atoms with Crippen LogP contribution in [-0.2, 0) is 10.0 Å². The number of halogens is 1. The molecule has 0 radical (unpaired) electrons. The number of nitrogens with zero attached hydrogens (tertiary/aromatic N) is 2. The molecular formula is C24H29FN2O4S. The van der Waals surface area contributed by atoms with Crippen molar-refractivity contribution in [2.75, 3.05) is 20.2 Å². The molecule has 2 heterocycles. The number of piperidine rings is 1. The molecule has 2 atom stereocenters. The summed E-state index contributed by atoms with van der Waals surface area (Å²) in [4.78, 5) is 15.2. The lowest BCUT2D eigenvalue weighted by molar-refractivity contribution is 0.0735. The molecule has 1 amide bonds. The summed E-state index contributed by atoms with van der Waals surface area (Å²) in [5.74, 6) is -0.319. The number of methoxy groups -OCH3 is 1. The minimum Gasteiger partial charge on any atom is -0.495 e. The van der Waals surface area contributed by atoms with Gasteiger partial charge in [0.25, 0.3) is 5.91 Å². The third-order valence-corrected chi connectivity index (χ3v) is 8.54. The van der Waals surface area contributed by atoms with Gasteiger partial charge in [0, 0.05) is 24.7 Å². The van der Waals surface area contributed by atoms with Crippen LogP contribution < -0.4 is 4.74 Å². The maximum atomic E-state index is 13.5. The van der Waals surface area contributed by atoms with Crippen molar-refractivity contribution in [1.29, 1.82) is 0 Å². The summed E-state index contributed by atoms with van der Waals surface area (Å²) in [5.41, 5.74) is 1.18. The lowest BCUT2D eigenvalue weighted by Gasteiger charge is -2.32. The fourth-order valence-corrected chi connectivity index (χ4v) is 6.66. The van der Waals surface area contributed by atoms with Crippen LogP contribution in [-0.4, -0.2) is 49.8 Å². The number of hydrogen-bond acceptors (Lipinski definition) is 4. The van der Waals surface area contributed by atoms with Gasteiger partial charge in [0.1, 0.15) is 16.5 Å². The third kappa shape index (κ3) is 4.26. The van der Waals surface area contributed by atoms with Gasteiger partial charge < -0.3 is 9.64 Å². The number of hydrogen-bond donors (Lipinski definition) is 0. The molecule has 172 valence electrons. The molecule has 32 heavy (non-hydrogen) atoms. The molecule has 4 rings (SSSR count). The van der Waals surface area contributed by atoms with E-state index in [0.29, 0.717) is 18.7 Å². The molecule has 0 N–H and O–H groups in total. The predicted octanol–water partition coefficient (Wildman–Crippen LogP) is 4.37. The first kappa shape index (κ1) is 22.7. The number of benzene rings is 2. The van der Waals surface area contributed by atoms with Crippen LogP contribution >= 0.6 is 0 Å². The van der Waals surface area contributed by atoms with Crippen molar-refractivity contribution in [2.24, 2.45) is 0 Å². The van der Waals surface area contributed by atoms with Gasteiger partial charge in [-0.25, -0.2) is 12.8 Å². The zero-order valence-corrected chi connectivity index (χ0v) is 19.3. The van der Waals surface area contributed by atoms with E-state index in [1.807, 2.05) is 6.92 Å². The minimum atomic E-state index is -3.81. The topological polar surface area (TPSA) is 66.9 Å². The van der Waals surface area contributed by atoms with Crippen molar-refractivity contribution in [1.82, 2.24) is 9.21 Å². The monoisotopic (exact) mass is 460 g/mol. The zero-order chi connectivity index (χ0) is 22.9. The highest BCUT2D eigenvalue weighted by atomic mass is 32.2. The summed E-state index contributed by atoms with van der Waals surface area (Å²) in [6.45, 7) is 2.94. The number of carbonyl (C=O) groups is 1. The molecule has 2 fully saturated rings. The van der Waals surface area contributed by atoms with Gasteiger partial charge in [-0.05, 0) is 68.5 Å². The Morgan fingerprint density at radius 1 is 1.03 bits per heavy atom. The van der Waals surface area contributed by atoms with E-state index in [4.69, 9.17) is 4.74 Å². The van der Waals surface area contributed by atoms with Crippen molar-refractivity contribution in [2.45, 2.75) is 56.0 Å². The Hall–Kier alpha value is -2.45. The van der Waals surface area contributed by atoms with Gasteiger partial charge in [-0.3, -0.25) is 4.79 Å². The Bertz CT molecular complexity index is 1090. The maximum Gasteiger partial charge on any atom is 0.254 e. The highest BCUT2D eigenvalue weighted by molar-refractivity contribution is 7.89. The van der Waals surface area contributed by atoms with Gasteiger partial charge in [0.2, 0.25) is 10.0 Å². The molecule has 8 heteroatoms. The molecule has 0 saturated carbocycles. The first-order valence-corrected chi connectivity index (χ1v) is 12.5. The fraction of sp³-hybridized carbons (Fsp3) is 0.458. The van der Waals surface area contributed by atoms with E-state index in [9.17, 15) is 17.6 Å². The van der Waals surface area contributed by atoms with Crippen molar-refractivity contribution in [3.63, 3.8) is 0 Å². The standard InChI is InChI=1S/C24H29FN2O4S/c1-17-6-3-4-15-27(17)32(29,30)23-16-19(10-13-22(23)31-2)24(28)26-14-5-7-21(26)18-8-11-20(25)12-9-18/h8-13,16-17,21H,3-7,14-15H2,1-2H3. The second-order valence-electron chi connectivity index (χ2n) is 8.53. The lowest BCUT2D eigenvalue weighted by Crippen LogP contribution is -2.42. The molecule has 2 saturated heterocycles. The molecule has 2 aliphatic heterocycles. The van der Waals surface area contributed by atoms with E-state index < -0.39 is 10.0 Å². The summed E-state index contributed by atoms with van der Waals surface area (Å²) in [6.07, 6.45) is 4.25. The summed E-state index contributed by atoms with van der Waals surface area (Å²) in [6, 6.07) is 10.5. The van der Waals surface area contributed by atoms with Gasteiger partial charge in [0.15, 0.2) is 0 Å². The van der Waals surface area contributed by atoms with Crippen LogP contribution in [0.3, 0.4) is 0 Å². The summed E-state index contributed by atoms with van der Waals surface area (Å²) in [5, 5.41) is 0. The smallest absolute Gasteiger partial charge is 0.254 e. The van der Waals surface area contributed by atoms with Crippen molar-refractivity contribution >= 4 is 15.9 Å². The molecule has 2 aliphatic rings. The molecule has 2 aromatic carbocycles. The Labute approximate surface area is 189 Å². The van der Waals surface area contributed by atoms with E-state index in [1.54, 1.807) is 29.2 Å². The van der Waals surface area contributed by atoms with E-state index >= 15 is 0 Å². The first-order valence-electron chi connectivity index (χ1n) is 11.1. The van der Waals surface area contributed by atoms with E-state index in [2.05, 4.69) is 0 Å². The van der Waals surface area contributed by atoms with Crippen LogP contribution in [0.2, 0.25) is 0 Å². The molecule has 2 unspecified atom stereocenters. The summed E-state index contributed by atoms with van der Waals surface area (Å²) >= 11 is 0. The molecule has 6 nitrogen and oxygen atoms in total. The van der Waals surface area contributed by atoms with Gasteiger partial charge in [-0.15, -0.1) is 0 Å². The van der Waals surface area contributed by atoms with Gasteiger partial charge in [0.05, 0.1) is 13.2 Å². The number of amides is 1. The third-order valence-electron chi connectivity index (χ3n) is 6.51.